The van der Waals surface area contributed by atoms with Crippen molar-refractivity contribution in [1.29, 1.82) is 0 Å². The van der Waals surface area contributed by atoms with Crippen molar-refractivity contribution in [2.45, 2.75) is 6.54 Å². The van der Waals surface area contributed by atoms with Crippen molar-refractivity contribution in [2.24, 2.45) is 0 Å². The molecule has 3 aromatic rings. The van der Waals surface area contributed by atoms with E-state index in [4.69, 9.17) is 4.74 Å². The van der Waals surface area contributed by atoms with Gasteiger partial charge in [0, 0.05) is 30.6 Å². The summed E-state index contributed by atoms with van der Waals surface area (Å²) in [6.45, 7) is 1.56. The first-order valence-electron chi connectivity index (χ1n) is 9.24. The fourth-order valence-electron chi connectivity index (χ4n) is 2.83. The third-order valence-corrected chi connectivity index (χ3v) is 5.32. The molecule has 1 heterocycles. The Kier molecular flexibility index (Phi) is 6.95. The van der Waals surface area contributed by atoms with Crippen molar-refractivity contribution < 1.29 is 13.9 Å². The Labute approximate surface area is 174 Å². The standard InChI is InChI=1S/C22H24FN3O2S/c1-25(2)11-12-26(14-16-5-4-6-18(23)13-16)22(27)20-15-29-21(24-20)17-7-9-19(28-3)10-8-17/h4-10,13,15H,11-12,14H2,1-3H3. The molecule has 2 aromatic carbocycles. The molecule has 0 aliphatic heterocycles. The van der Waals surface area contributed by atoms with E-state index in [1.54, 1.807) is 23.5 Å². The van der Waals surface area contributed by atoms with Crippen LogP contribution in [0.2, 0.25) is 0 Å². The monoisotopic (exact) mass is 413 g/mol. The molecule has 0 N–H and O–H groups in total. The minimum atomic E-state index is -0.307. The third-order valence-electron chi connectivity index (χ3n) is 4.43. The first-order valence-corrected chi connectivity index (χ1v) is 10.1. The fraction of sp³-hybridized carbons (Fsp3) is 0.273. The maximum atomic E-state index is 13.6. The number of nitrogens with zero attached hydrogens (tertiary/aromatic N) is 3. The van der Waals surface area contributed by atoms with Crippen LogP contribution in [0.15, 0.2) is 53.9 Å². The van der Waals surface area contributed by atoms with E-state index in [0.29, 0.717) is 25.3 Å². The Hall–Kier alpha value is -2.77. The second kappa shape index (κ2) is 9.62. The Balaban J connectivity index is 1.80. The summed E-state index contributed by atoms with van der Waals surface area (Å²) in [4.78, 5) is 21.4. The molecule has 0 aliphatic carbocycles. The van der Waals surface area contributed by atoms with Crippen LogP contribution in [0.5, 0.6) is 5.75 Å². The number of aromatic nitrogens is 1. The summed E-state index contributed by atoms with van der Waals surface area (Å²) in [5.41, 5.74) is 2.08. The summed E-state index contributed by atoms with van der Waals surface area (Å²) in [7, 11) is 5.53. The molecule has 29 heavy (non-hydrogen) atoms. The van der Waals surface area contributed by atoms with E-state index in [9.17, 15) is 9.18 Å². The van der Waals surface area contributed by atoms with Gasteiger partial charge in [-0.3, -0.25) is 4.79 Å². The molecule has 0 spiro atoms. The molecule has 0 radical (unpaired) electrons. The largest absolute Gasteiger partial charge is 0.497 e. The lowest BCUT2D eigenvalue weighted by molar-refractivity contribution is 0.0726. The van der Waals surface area contributed by atoms with Crippen LogP contribution in [0, 0.1) is 5.82 Å². The van der Waals surface area contributed by atoms with E-state index >= 15 is 0 Å². The van der Waals surface area contributed by atoms with Crippen LogP contribution < -0.4 is 4.74 Å². The van der Waals surface area contributed by atoms with E-state index in [1.807, 2.05) is 49.3 Å². The summed E-state index contributed by atoms with van der Waals surface area (Å²) in [6, 6.07) is 13.9. The highest BCUT2D eigenvalue weighted by molar-refractivity contribution is 7.13. The van der Waals surface area contributed by atoms with Gasteiger partial charge in [0.15, 0.2) is 0 Å². The van der Waals surface area contributed by atoms with Gasteiger partial charge in [0.05, 0.1) is 7.11 Å². The zero-order valence-corrected chi connectivity index (χ0v) is 17.6. The predicted octanol–water partition coefficient (Wildman–Crippen LogP) is 4.16. The van der Waals surface area contributed by atoms with Crippen LogP contribution in [-0.2, 0) is 6.54 Å². The molecule has 0 saturated carbocycles. The van der Waals surface area contributed by atoms with Crippen molar-refractivity contribution in [1.82, 2.24) is 14.8 Å². The number of ether oxygens (including phenoxy) is 1. The molecule has 0 unspecified atom stereocenters. The Morgan fingerprint density at radius 1 is 1.14 bits per heavy atom. The summed E-state index contributed by atoms with van der Waals surface area (Å²) < 4.78 is 18.8. The molecule has 0 bridgehead atoms. The number of hydrogen-bond acceptors (Lipinski definition) is 5. The number of carbonyl (C=O) groups is 1. The van der Waals surface area contributed by atoms with Crippen LogP contribution in [0.25, 0.3) is 10.6 Å². The zero-order chi connectivity index (χ0) is 20.8. The maximum Gasteiger partial charge on any atom is 0.273 e. The third kappa shape index (κ3) is 5.62. The Morgan fingerprint density at radius 2 is 1.90 bits per heavy atom. The predicted molar refractivity (Wildman–Crippen MR) is 114 cm³/mol. The van der Waals surface area contributed by atoms with Crippen molar-refractivity contribution in [3.05, 3.63) is 71.0 Å². The van der Waals surface area contributed by atoms with Crippen LogP contribution >= 0.6 is 11.3 Å². The van der Waals surface area contributed by atoms with Crippen molar-refractivity contribution in [3.63, 3.8) is 0 Å². The number of methoxy groups -OCH3 is 1. The normalized spacial score (nSPS) is 10.9. The molecule has 0 saturated heterocycles. The maximum absolute atomic E-state index is 13.6. The molecule has 1 aromatic heterocycles. The Bertz CT molecular complexity index is 957. The summed E-state index contributed by atoms with van der Waals surface area (Å²) in [5, 5.41) is 2.55. The second-order valence-corrected chi connectivity index (χ2v) is 7.78. The SMILES string of the molecule is COc1ccc(-c2nc(C(=O)N(CCN(C)C)Cc3cccc(F)c3)cs2)cc1. The molecular formula is C22H24FN3O2S. The second-order valence-electron chi connectivity index (χ2n) is 6.93. The first kappa shape index (κ1) is 21.0. The number of carbonyl (C=O) groups excluding carboxylic acids is 1. The Morgan fingerprint density at radius 3 is 2.55 bits per heavy atom. The molecule has 152 valence electrons. The summed E-state index contributed by atoms with van der Waals surface area (Å²) in [5.74, 6) is 0.302. The lowest BCUT2D eigenvalue weighted by Gasteiger charge is -2.24. The molecule has 3 rings (SSSR count). The van der Waals surface area contributed by atoms with Gasteiger partial charge >= 0.3 is 0 Å². The van der Waals surface area contributed by atoms with Gasteiger partial charge in [-0.1, -0.05) is 12.1 Å². The van der Waals surface area contributed by atoms with E-state index in [0.717, 1.165) is 21.9 Å². The van der Waals surface area contributed by atoms with Gasteiger partial charge in [-0.25, -0.2) is 9.37 Å². The summed E-state index contributed by atoms with van der Waals surface area (Å²) >= 11 is 1.43. The van der Waals surface area contributed by atoms with Gasteiger partial charge in [0.25, 0.3) is 5.91 Å². The van der Waals surface area contributed by atoms with E-state index in [2.05, 4.69) is 4.98 Å². The average molecular weight is 414 g/mol. The minimum Gasteiger partial charge on any atom is -0.497 e. The van der Waals surface area contributed by atoms with Crippen molar-refractivity contribution in [2.75, 3.05) is 34.3 Å². The molecule has 0 aliphatic rings. The minimum absolute atomic E-state index is 0.160. The molecule has 5 nitrogen and oxygen atoms in total. The number of likely N-dealkylation sites (N-methyl/N-ethyl adjacent to an activating group) is 1. The topological polar surface area (TPSA) is 45.7 Å². The number of benzene rings is 2. The molecule has 7 heteroatoms. The molecular weight excluding hydrogens is 389 g/mol. The number of hydrogen-bond donors (Lipinski definition) is 0. The van der Waals surface area contributed by atoms with Crippen molar-refractivity contribution >= 4 is 17.2 Å². The van der Waals surface area contributed by atoms with Crippen LogP contribution in [0.3, 0.4) is 0 Å². The summed E-state index contributed by atoms with van der Waals surface area (Å²) in [6.07, 6.45) is 0. The van der Waals surface area contributed by atoms with E-state index in [1.165, 1.54) is 23.5 Å². The smallest absolute Gasteiger partial charge is 0.273 e. The van der Waals surface area contributed by atoms with E-state index in [-0.39, 0.29) is 11.7 Å². The quantitative estimate of drug-likeness (QED) is 0.556. The highest BCUT2D eigenvalue weighted by Gasteiger charge is 2.20. The average Bonchev–Trinajstić information content (AvgIpc) is 3.21. The lowest BCUT2D eigenvalue weighted by Crippen LogP contribution is -2.36. The molecule has 1 amide bonds. The lowest BCUT2D eigenvalue weighted by atomic mass is 10.2. The van der Waals surface area contributed by atoms with Gasteiger partial charge in [-0.15, -0.1) is 11.3 Å². The van der Waals surface area contributed by atoms with E-state index < -0.39 is 0 Å². The number of thiazole rings is 1. The zero-order valence-electron chi connectivity index (χ0n) is 16.8. The number of rotatable bonds is 8. The van der Waals surface area contributed by atoms with Gasteiger partial charge in [-0.2, -0.15) is 0 Å². The number of amides is 1. The van der Waals surface area contributed by atoms with Gasteiger partial charge in [0.1, 0.15) is 22.3 Å². The first-order chi connectivity index (χ1) is 14.0. The molecule has 0 fully saturated rings. The fourth-order valence-corrected chi connectivity index (χ4v) is 3.63. The van der Waals surface area contributed by atoms with Gasteiger partial charge in [-0.05, 0) is 56.1 Å². The van der Waals surface area contributed by atoms with Gasteiger partial charge < -0.3 is 14.5 Å². The van der Waals surface area contributed by atoms with Crippen molar-refractivity contribution in [3.8, 4) is 16.3 Å². The highest BCUT2D eigenvalue weighted by atomic mass is 32.1. The van der Waals surface area contributed by atoms with Crippen LogP contribution in [-0.4, -0.2) is 55.0 Å². The highest BCUT2D eigenvalue weighted by Crippen LogP contribution is 2.26. The molecule has 0 atom stereocenters. The van der Waals surface area contributed by atoms with Gasteiger partial charge in [0.2, 0.25) is 0 Å². The number of halogens is 1. The van der Waals surface area contributed by atoms with Crippen LogP contribution in [0.1, 0.15) is 16.1 Å². The van der Waals surface area contributed by atoms with Crippen LogP contribution in [0.4, 0.5) is 4.39 Å².